The Morgan fingerprint density at radius 1 is 1.47 bits per heavy atom. The van der Waals surface area contributed by atoms with E-state index in [1.807, 2.05) is 0 Å². The number of aliphatic hydroxyl groups is 1. The van der Waals surface area contributed by atoms with Crippen LogP contribution in [0.2, 0.25) is 0 Å². The first-order valence-corrected chi connectivity index (χ1v) is 6.06. The van der Waals surface area contributed by atoms with Gasteiger partial charge in [-0.3, -0.25) is 4.90 Å². The zero-order valence-electron chi connectivity index (χ0n) is 8.91. The zero-order valence-corrected chi connectivity index (χ0v) is 10.5. The fourth-order valence-electron chi connectivity index (χ4n) is 1.99. The predicted octanol–water partition coefficient (Wildman–Crippen LogP) is 2.18. The van der Waals surface area contributed by atoms with Crippen LogP contribution in [-0.4, -0.2) is 29.7 Å². The maximum atomic E-state index is 8.93. The Kier molecular flexibility index (Phi) is 3.44. The molecule has 0 unspecified atom stereocenters. The molecular formula is C12H16BrNO. The van der Waals surface area contributed by atoms with Crippen LogP contribution in [0.3, 0.4) is 0 Å². The molecule has 0 radical (unpaired) electrons. The molecule has 0 amide bonds. The number of hydrogen-bond acceptors (Lipinski definition) is 2. The molecule has 1 N–H and O–H groups in total. The van der Waals surface area contributed by atoms with Crippen molar-refractivity contribution in [2.24, 2.45) is 5.92 Å². The van der Waals surface area contributed by atoms with Crippen LogP contribution in [0.15, 0.2) is 22.7 Å². The van der Waals surface area contributed by atoms with E-state index in [4.69, 9.17) is 5.11 Å². The van der Waals surface area contributed by atoms with Crippen LogP contribution in [0.25, 0.3) is 0 Å². The second-order valence-corrected chi connectivity index (χ2v) is 5.19. The van der Waals surface area contributed by atoms with E-state index in [2.05, 4.69) is 46.0 Å². The van der Waals surface area contributed by atoms with Gasteiger partial charge >= 0.3 is 0 Å². The molecule has 2 nitrogen and oxygen atoms in total. The minimum absolute atomic E-state index is 0.325. The second-order valence-electron chi connectivity index (χ2n) is 4.34. The Morgan fingerprint density at radius 2 is 2.20 bits per heavy atom. The fraction of sp³-hybridized carbons (Fsp3) is 0.500. The lowest BCUT2D eigenvalue weighted by Gasteiger charge is -2.38. The normalized spacial score (nSPS) is 17.8. The van der Waals surface area contributed by atoms with Gasteiger partial charge < -0.3 is 5.11 Å². The Morgan fingerprint density at radius 3 is 2.87 bits per heavy atom. The quantitative estimate of drug-likeness (QED) is 0.910. The number of nitrogens with zero attached hydrogens (tertiary/aromatic N) is 1. The summed E-state index contributed by atoms with van der Waals surface area (Å²) in [5.41, 5.74) is 2.64. The summed E-state index contributed by atoms with van der Waals surface area (Å²) in [5, 5.41) is 8.93. The molecule has 1 aromatic rings. The van der Waals surface area contributed by atoms with Gasteiger partial charge in [0.25, 0.3) is 0 Å². The first-order valence-electron chi connectivity index (χ1n) is 5.27. The molecule has 1 aromatic carbocycles. The third-order valence-electron chi connectivity index (χ3n) is 2.89. The summed E-state index contributed by atoms with van der Waals surface area (Å²) in [4.78, 5) is 2.36. The van der Waals surface area contributed by atoms with E-state index < -0.39 is 0 Å². The van der Waals surface area contributed by atoms with Crippen molar-refractivity contribution in [1.29, 1.82) is 0 Å². The summed E-state index contributed by atoms with van der Waals surface area (Å²) in [6.45, 7) is 5.47. The predicted molar refractivity (Wildman–Crippen MR) is 64.7 cm³/mol. The van der Waals surface area contributed by atoms with E-state index in [0.29, 0.717) is 12.5 Å². The van der Waals surface area contributed by atoms with Crippen LogP contribution in [0.1, 0.15) is 11.1 Å². The van der Waals surface area contributed by atoms with Crippen molar-refractivity contribution in [3.8, 4) is 0 Å². The lowest BCUT2D eigenvalue weighted by Crippen LogP contribution is -2.47. The molecule has 1 aliphatic heterocycles. The van der Waals surface area contributed by atoms with Crippen molar-refractivity contribution in [1.82, 2.24) is 4.90 Å². The van der Waals surface area contributed by atoms with E-state index >= 15 is 0 Å². The molecule has 3 heteroatoms. The molecule has 0 bridgehead atoms. The average Bonchev–Trinajstić information content (AvgIpc) is 2.16. The van der Waals surface area contributed by atoms with Crippen LogP contribution in [-0.2, 0) is 6.54 Å². The van der Waals surface area contributed by atoms with E-state index in [-0.39, 0.29) is 0 Å². The first kappa shape index (κ1) is 11.1. The molecule has 1 saturated heterocycles. The van der Waals surface area contributed by atoms with Gasteiger partial charge in [0, 0.05) is 36.6 Å². The van der Waals surface area contributed by atoms with Gasteiger partial charge in [-0.05, 0) is 18.6 Å². The molecule has 0 aromatic heterocycles. The standard InChI is InChI=1S/C12H16BrNO/c1-9-2-3-12(13)11(4-9)7-14-5-10(6-14)8-15/h2-4,10,15H,5-8H2,1H3. The van der Waals surface area contributed by atoms with Gasteiger partial charge in [0.15, 0.2) is 0 Å². The van der Waals surface area contributed by atoms with Crippen molar-refractivity contribution < 1.29 is 5.11 Å². The number of halogens is 1. The number of rotatable bonds is 3. The van der Waals surface area contributed by atoms with Gasteiger partial charge in [-0.2, -0.15) is 0 Å². The molecule has 0 atom stereocenters. The van der Waals surface area contributed by atoms with Gasteiger partial charge in [0.1, 0.15) is 0 Å². The number of aryl methyl sites for hydroxylation is 1. The Bertz CT molecular complexity index is 347. The van der Waals surface area contributed by atoms with E-state index in [0.717, 1.165) is 19.6 Å². The summed E-state index contributed by atoms with van der Waals surface area (Å²) in [7, 11) is 0. The van der Waals surface area contributed by atoms with Gasteiger partial charge in [-0.1, -0.05) is 33.6 Å². The SMILES string of the molecule is Cc1ccc(Br)c(CN2CC(CO)C2)c1. The van der Waals surface area contributed by atoms with E-state index in [1.54, 1.807) is 0 Å². The number of aliphatic hydroxyl groups excluding tert-OH is 1. The molecule has 1 fully saturated rings. The third-order valence-corrected chi connectivity index (χ3v) is 3.66. The third kappa shape index (κ3) is 2.60. The minimum atomic E-state index is 0.325. The highest BCUT2D eigenvalue weighted by atomic mass is 79.9. The van der Waals surface area contributed by atoms with Crippen molar-refractivity contribution >= 4 is 15.9 Å². The number of likely N-dealkylation sites (tertiary alicyclic amines) is 1. The van der Waals surface area contributed by atoms with Gasteiger partial charge in [-0.15, -0.1) is 0 Å². The monoisotopic (exact) mass is 269 g/mol. The second kappa shape index (κ2) is 4.64. The largest absolute Gasteiger partial charge is 0.396 e. The van der Waals surface area contributed by atoms with Crippen molar-refractivity contribution in [2.45, 2.75) is 13.5 Å². The lowest BCUT2D eigenvalue weighted by molar-refractivity contribution is 0.0477. The van der Waals surface area contributed by atoms with Crippen LogP contribution in [0.5, 0.6) is 0 Å². The van der Waals surface area contributed by atoms with Crippen LogP contribution >= 0.6 is 15.9 Å². The van der Waals surface area contributed by atoms with Gasteiger partial charge in [0.05, 0.1) is 0 Å². The van der Waals surface area contributed by atoms with Crippen LogP contribution < -0.4 is 0 Å². The summed E-state index contributed by atoms with van der Waals surface area (Å²) < 4.78 is 1.18. The van der Waals surface area contributed by atoms with E-state index in [1.165, 1.54) is 15.6 Å². The molecule has 82 valence electrons. The first-order chi connectivity index (χ1) is 7.19. The lowest BCUT2D eigenvalue weighted by atomic mass is 10.00. The highest BCUT2D eigenvalue weighted by Crippen LogP contribution is 2.23. The maximum absolute atomic E-state index is 8.93. The fourth-order valence-corrected chi connectivity index (χ4v) is 2.36. The van der Waals surface area contributed by atoms with Crippen molar-refractivity contribution in [3.63, 3.8) is 0 Å². The summed E-state index contributed by atoms with van der Waals surface area (Å²) in [5.74, 6) is 0.494. The van der Waals surface area contributed by atoms with Crippen molar-refractivity contribution in [2.75, 3.05) is 19.7 Å². The Balaban J connectivity index is 1.97. The molecule has 0 spiro atoms. The Hall–Kier alpha value is -0.380. The van der Waals surface area contributed by atoms with Gasteiger partial charge in [-0.25, -0.2) is 0 Å². The molecular weight excluding hydrogens is 254 g/mol. The zero-order chi connectivity index (χ0) is 10.8. The van der Waals surface area contributed by atoms with Gasteiger partial charge in [0.2, 0.25) is 0 Å². The van der Waals surface area contributed by atoms with E-state index in [9.17, 15) is 0 Å². The molecule has 0 aliphatic carbocycles. The molecule has 0 saturated carbocycles. The summed E-state index contributed by atoms with van der Waals surface area (Å²) >= 11 is 3.57. The smallest absolute Gasteiger partial charge is 0.0483 e. The topological polar surface area (TPSA) is 23.5 Å². The highest BCUT2D eigenvalue weighted by molar-refractivity contribution is 9.10. The number of benzene rings is 1. The van der Waals surface area contributed by atoms with Crippen LogP contribution in [0.4, 0.5) is 0 Å². The summed E-state index contributed by atoms with van der Waals surface area (Å²) in [6.07, 6.45) is 0. The Labute approximate surface area is 99.0 Å². The number of hydrogen-bond donors (Lipinski definition) is 1. The molecule has 15 heavy (non-hydrogen) atoms. The minimum Gasteiger partial charge on any atom is -0.396 e. The average molecular weight is 270 g/mol. The highest BCUT2D eigenvalue weighted by Gasteiger charge is 2.25. The molecule has 1 heterocycles. The van der Waals surface area contributed by atoms with Crippen molar-refractivity contribution in [3.05, 3.63) is 33.8 Å². The summed E-state index contributed by atoms with van der Waals surface area (Å²) in [6, 6.07) is 6.44. The van der Waals surface area contributed by atoms with Crippen LogP contribution in [0, 0.1) is 12.8 Å². The molecule has 2 rings (SSSR count). The maximum Gasteiger partial charge on any atom is 0.0483 e. The molecule has 1 aliphatic rings.